The molecule has 1 aliphatic carbocycles. The molecule has 1 aliphatic heterocycles. The molecular formula is C20H18Cl2N2O3. The van der Waals surface area contributed by atoms with Gasteiger partial charge in [-0.3, -0.25) is 9.78 Å². The highest BCUT2D eigenvalue weighted by Crippen LogP contribution is 2.48. The maximum Gasteiger partial charge on any atom is 0.248 e. The Labute approximate surface area is 167 Å². The number of carbonyl (C=O) groups excluding carboxylic acids is 1. The van der Waals surface area contributed by atoms with Crippen LogP contribution < -0.4 is 4.74 Å². The number of amides is 1. The molecule has 1 aromatic heterocycles. The summed E-state index contributed by atoms with van der Waals surface area (Å²) in [6.07, 6.45) is 3.18. The minimum absolute atomic E-state index is 0.271. The first kappa shape index (κ1) is 18.3. The first-order valence-electron chi connectivity index (χ1n) is 8.65. The Bertz CT molecular complexity index is 972. The third-order valence-corrected chi connectivity index (χ3v) is 6.03. The zero-order valence-corrected chi connectivity index (χ0v) is 16.3. The summed E-state index contributed by atoms with van der Waals surface area (Å²) in [6.45, 7) is 0.555. The minimum Gasteiger partial charge on any atom is -0.494 e. The lowest BCUT2D eigenvalue weighted by atomic mass is 9.94. The van der Waals surface area contributed by atoms with Crippen LogP contribution in [0.1, 0.15) is 17.5 Å². The number of aromatic nitrogens is 1. The number of benzene rings is 1. The average molecular weight is 405 g/mol. The van der Waals surface area contributed by atoms with Crippen molar-refractivity contribution in [3.63, 3.8) is 0 Å². The van der Waals surface area contributed by atoms with Gasteiger partial charge in [-0.05, 0) is 47.7 Å². The lowest BCUT2D eigenvalue weighted by Gasteiger charge is -2.29. The van der Waals surface area contributed by atoms with Gasteiger partial charge in [-0.1, -0.05) is 28.8 Å². The molecule has 1 N–H and O–H groups in total. The second-order valence-electron chi connectivity index (χ2n) is 6.61. The Morgan fingerprint density at radius 1 is 1.41 bits per heavy atom. The summed E-state index contributed by atoms with van der Waals surface area (Å²) in [5.74, 6) is 0.373. The van der Waals surface area contributed by atoms with Crippen LogP contribution in [0.4, 0.5) is 0 Å². The monoisotopic (exact) mass is 404 g/mol. The van der Waals surface area contributed by atoms with Gasteiger partial charge in [0.2, 0.25) is 5.91 Å². The highest BCUT2D eigenvalue weighted by molar-refractivity contribution is 6.43. The van der Waals surface area contributed by atoms with Gasteiger partial charge in [0.25, 0.3) is 0 Å². The van der Waals surface area contributed by atoms with E-state index in [0.29, 0.717) is 41.0 Å². The Morgan fingerprint density at radius 2 is 2.22 bits per heavy atom. The van der Waals surface area contributed by atoms with E-state index in [-0.39, 0.29) is 5.91 Å². The first-order chi connectivity index (χ1) is 13.0. The van der Waals surface area contributed by atoms with E-state index in [4.69, 9.17) is 27.9 Å². The molecule has 1 aromatic carbocycles. The topological polar surface area (TPSA) is 62.7 Å². The molecule has 0 unspecified atom stereocenters. The fraction of sp³-hybridized carbons (Fsp3) is 0.300. The number of methoxy groups -OCH3 is 1. The van der Waals surface area contributed by atoms with Crippen LogP contribution in [0.5, 0.6) is 5.75 Å². The van der Waals surface area contributed by atoms with Gasteiger partial charge in [-0.25, -0.2) is 0 Å². The Kier molecular flexibility index (Phi) is 4.84. The summed E-state index contributed by atoms with van der Waals surface area (Å²) < 4.78 is 5.49. The second kappa shape index (κ2) is 7.15. The number of hydrogen-bond donors (Lipinski definition) is 1. The summed E-state index contributed by atoms with van der Waals surface area (Å²) in [7, 11) is 1.60. The second-order valence-corrected chi connectivity index (χ2v) is 7.40. The highest BCUT2D eigenvalue weighted by atomic mass is 35.5. The maximum atomic E-state index is 12.0. The van der Waals surface area contributed by atoms with E-state index >= 15 is 0 Å². The van der Waals surface area contributed by atoms with E-state index in [2.05, 4.69) is 4.98 Å². The van der Waals surface area contributed by atoms with Crippen LogP contribution in [-0.4, -0.2) is 47.7 Å². The highest BCUT2D eigenvalue weighted by Gasteiger charge is 2.33. The average Bonchev–Trinajstić information content (AvgIpc) is 3.09. The van der Waals surface area contributed by atoms with Crippen molar-refractivity contribution in [2.45, 2.75) is 12.8 Å². The molecule has 1 amide bonds. The van der Waals surface area contributed by atoms with Crippen LogP contribution in [0.2, 0.25) is 10.0 Å². The van der Waals surface area contributed by atoms with Gasteiger partial charge in [-0.15, -0.1) is 0 Å². The van der Waals surface area contributed by atoms with Gasteiger partial charge in [0.15, 0.2) is 0 Å². The van der Waals surface area contributed by atoms with Crippen molar-refractivity contribution in [2.24, 2.45) is 0 Å². The lowest BCUT2D eigenvalue weighted by Crippen LogP contribution is -2.37. The molecule has 0 bridgehead atoms. The molecule has 5 nitrogen and oxygen atoms in total. The van der Waals surface area contributed by atoms with Gasteiger partial charge in [-0.2, -0.15) is 0 Å². The van der Waals surface area contributed by atoms with Crippen LogP contribution in [-0.2, 0) is 11.2 Å². The molecule has 4 rings (SSSR count). The van der Waals surface area contributed by atoms with E-state index in [9.17, 15) is 9.90 Å². The van der Waals surface area contributed by atoms with Crippen molar-refractivity contribution >= 4 is 34.7 Å². The van der Waals surface area contributed by atoms with Crippen molar-refractivity contribution in [2.75, 3.05) is 26.8 Å². The van der Waals surface area contributed by atoms with Crippen LogP contribution >= 0.6 is 23.2 Å². The van der Waals surface area contributed by atoms with Crippen LogP contribution in [0.3, 0.4) is 0 Å². The minimum atomic E-state index is -0.488. The normalized spacial score (nSPS) is 15.6. The Hall–Kier alpha value is -2.08. The van der Waals surface area contributed by atoms with E-state index < -0.39 is 6.61 Å². The Morgan fingerprint density at radius 3 is 2.96 bits per heavy atom. The molecule has 0 spiro atoms. The quantitative estimate of drug-likeness (QED) is 0.848. The first-order valence-corrected chi connectivity index (χ1v) is 9.40. The molecule has 0 fully saturated rings. The Balaban J connectivity index is 1.90. The van der Waals surface area contributed by atoms with Gasteiger partial charge in [0.05, 0.1) is 17.2 Å². The summed E-state index contributed by atoms with van der Waals surface area (Å²) in [5, 5.41) is 10.2. The number of rotatable bonds is 3. The molecule has 2 aromatic rings. The zero-order valence-electron chi connectivity index (χ0n) is 14.8. The van der Waals surface area contributed by atoms with Crippen LogP contribution in [0, 0.1) is 0 Å². The summed E-state index contributed by atoms with van der Waals surface area (Å²) >= 11 is 13.0. The third-order valence-electron chi connectivity index (χ3n) is 5.20. The fourth-order valence-corrected chi connectivity index (χ4v) is 4.35. The van der Waals surface area contributed by atoms with Gasteiger partial charge in [0.1, 0.15) is 18.1 Å². The predicted octanol–water partition coefficient (Wildman–Crippen LogP) is 3.60. The van der Waals surface area contributed by atoms with Crippen molar-refractivity contribution in [3.8, 4) is 17.0 Å². The summed E-state index contributed by atoms with van der Waals surface area (Å²) in [4.78, 5) is 18.2. The number of ether oxygens (including phenoxy) is 1. The van der Waals surface area contributed by atoms with Gasteiger partial charge >= 0.3 is 0 Å². The molecule has 0 saturated heterocycles. The summed E-state index contributed by atoms with van der Waals surface area (Å²) in [5.41, 5.74) is 5.81. The number of nitrogens with zero attached hydrogens (tertiary/aromatic N) is 2. The molecule has 0 atom stereocenters. The number of pyridine rings is 1. The standard InChI is InChI=1S/C20H18Cl2N2O3/c1-27-16-3-2-5-23-20(16)13-8-15(21)19(22)12-7-11-4-6-24(17(26)10-25)9-14(11)18(12)13/h2-3,5,8,25H,4,6-7,9-10H2,1H3. The van der Waals surface area contributed by atoms with E-state index in [1.165, 1.54) is 5.57 Å². The van der Waals surface area contributed by atoms with Gasteiger partial charge in [0, 0.05) is 24.8 Å². The molecule has 0 radical (unpaired) electrons. The van der Waals surface area contributed by atoms with Crippen molar-refractivity contribution < 1.29 is 14.6 Å². The smallest absolute Gasteiger partial charge is 0.248 e. The SMILES string of the molecule is COc1cccnc1-c1cc(Cl)c(Cl)c2c1C1=C(CCN(C(=O)CO)C1)C2. The molecular weight excluding hydrogens is 387 g/mol. The van der Waals surface area contributed by atoms with Crippen molar-refractivity contribution in [3.05, 3.63) is 51.1 Å². The number of halogens is 2. The predicted molar refractivity (Wildman–Crippen MR) is 105 cm³/mol. The number of carbonyl (C=O) groups is 1. The maximum absolute atomic E-state index is 12.0. The largest absolute Gasteiger partial charge is 0.494 e. The molecule has 27 heavy (non-hydrogen) atoms. The molecule has 2 heterocycles. The number of hydrogen-bond acceptors (Lipinski definition) is 4. The van der Waals surface area contributed by atoms with Crippen molar-refractivity contribution in [1.29, 1.82) is 0 Å². The molecule has 0 saturated carbocycles. The lowest BCUT2D eigenvalue weighted by molar-refractivity contribution is -0.133. The van der Waals surface area contributed by atoms with Crippen molar-refractivity contribution in [1.82, 2.24) is 9.88 Å². The number of fused-ring (bicyclic) bond motifs is 2. The van der Waals surface area contributed by atoms with Crippen LogP contribution in [0.25, 0.3) is 16.8 Å². The number of aliphatic hydroxyl groups is 1. The molecule has 2 aliphatic rings. The third kappa shape index (κ3) is 3.00. The van der Waals surface area contributed by atoms with Gasteiger partial charge < -0.3 is 14.7 Å². The van der Waals surface area contributed by atoms with E-state index in [0.717, 1.165) is 28.7 Å². The molecule has 7 heteroatoms. The van der Waals surface area contributed by atoms with Crippen LogP contribution in [0.15, 0.2) is 30.0 Å². The van der Waals surface area contributed by atoms with E-state index in [1.54, 1.807) is 18.2 Å². The zero-order chi connectivity index (χ0) is 19.1. The summed E-state index contributed by atoms with van der Waals surface area (Å²) in [6, 6.07) is 5.48. The fourth-order valence-electron chi connectivity index (χ4n) is 3.91. The molecule has 140 valence electrons. The van der Waals surface area contributed by atoms with E-state index in [1.807, 2.05) is 18.2 Å². The number of aliphatic hydroxyl groups excluding tert-OH is 1.